The number of carbonyl (C=O) groups excluding carboxylic acids is 1. The lowest BCUT2D eigenvalue weighted by Gasteiger charge is -2.08. The zero-order valence-corrected chi connectivity index (χ0v) is 18.8. The Hall–Kier alpha value is -3.30. The van der Waals surface area contributed by atoms with Crippen LogP contribution in [0.2, 0.25) is 5.02 Å². The average Bonchev–Trinajstić information content (AvgIpc) is 3.37. The minimum Gasteiger partial charge on any atom is -0.486 e. The average molecular weight is 473 g/mol. The lowest BCUT2D eigenvalue weighted by molar-refractivity contribution is 0.0461. The molecule has 0 aliphatic carbocycles. The Bertz CT molecular complexity index is 1260. The molecule has 7 nitrogen and oxygen atoms in total. The molecule has 4 aromatic rings. The van der Waals surface area contributed by atoms with Gasteiger partial charge in [0.05, 0.1) is 16.4 Å². The third kappa shape index (κ3) is 5.12. The lowest BCUT2D eigenvalue weighted by Crippen LogP contribution is -2.11. The molecule has 0 atom stereocenters. The zero-order chi connectivity index (χ0) is 22.7. The topological polar surface area (TPSA) is 79.1 Å². The van der Waals surface area contributed by atoms with Gasteiger partial charge in [0.25, 0.3) is 0 Å². The van der Waals surface area contributed by atoms with Gasteiger partial charge in [0.1, 0.15) is 29.8 Å². The van der Waals surface area contributed by atoms with Crippen LogP contribution in [0, 0.1) is 19.7 Å². The molecule has 0 spiro atoms. The Balaban J connectivity index is 1.38. The highest BCUT2D eigenvalue weighted by Crippen LogP contribution is 2.20. The van der Waals surface area contributed by atoms with Crippen LogP contribution in [-0.2, 0) is 18.0 Å². The van der Waals surface area contributed by atoms with Gasteiger partial charge in [0, 0.05) is 11.1 Å². The predicted octanol–water partition coefficient (Wildman–Crippen LogP) is 5.07. The van der Waals surface area contributed by atoms with Crippen LogP contribution in [0.3, 0.4) is 0 Å². The highest BCUT2D eigenvalue weighted by Gasteiger charge is 2.17. The first-order chi connectivity index (χ1) is 15.4. The number of hydrogen-bond donors (Lipinski definition) is 0. The Morgan fingerprint density at radius 3 is 2.62 bits per heavy atom. The molecule has 0 saturated carbocycles. The third-order valence-corrected chi connectivity index (χ3v) is 5.55. The maximum absolute atomic E-state index is 13.0. The summed E-state index contributed by atoms with van der Waals surface area (Å²) in [4.78, 5) is 21.3. The summed E-state index contributed by atoms with van der Waals surface area (Å²) in [6.45, 7) is 3.96. The second-order valence-corrected chi connectivity index (χ2v) is 8.24. The summed E-state index contributed by atoms with van der Waals surface area (Å²) in [5, 5.41) is 7.03. The van der Waals surface area contributed by atoms with Gasteiger partial charge in [-0.2, -0.15) is 5.10 Å². The molecule has 32 heavy (non-hydrogen) atoms. The minimum absolute atomic E-state index is 0.00631. The highest BCUT2D eigenvalue weighted by atomic mass is 35.5. The smallest absolute Gasteiger partial charge is 0.358 e. The second-order valence-electron chi connectivity index (χ2n) is 6.89. The number of pyridine rings is 1. The van der Waals surface area contributed by atoms with Crippen molar-refractivity contribution < 1.29 is 18.7 Å². The molecule has 0 fully saturated rings. The molecular weight excluding hydrogens is 455 g/mol. The molecule has 0 aliphatic rings. The van der Waals surface area contributed by atoms with Gasteiger partial charge in [-0.25, -0.2) is 23.8 Å². The number of halogens is 2. The Morgan fingerprint density at radius 1 is 1.12 bits per heavy atom. The first-order valence-electron chi connectivity index (χ1n) is 9.58. The van der Waals surface area contributed by atoms with E-state index in [0.29, 0.717) is 22.3 Å². The van der Waals surface area contributed by atoms with Crippen LogP contribution < -0.4 is 4.74 Å². The summed E-state index contributed by atoms with van der Waals surface area (Å²) in [7, 11) is 0. The van der Waals surface area contributed by atoms with Crippen molar-refractivity contribution in [2.24, 2.45) is 0 Å². The monoisotopic (exact) mass is 472 g/mol. The van der Waals surface area contributed by atoms with E-state index in [4.69, 9.17) is 21.1 Å². The van der Waals surface area contributed by atoms with Crippen LogP contribution >= 0.6 is 22.9 Å². The van der Waals surface area contributed by atoms with E-state index < -0.39 is 5.97 Å². The van der Waals surface area contributed by atoms with Crippen molar-refractivity contribution in [2.75, 3.05) is 0 Å². The summed E-state index contributed by atoms with van der Waals surface area (Å²) < 4.78 is 25.5. The van der Waals surface area contributed by atoms with Crippen LogP contribution in [-0.4, -0.2) is 25.7 Å². The third-order valence-electron chi connectivity index (χ3n) is 4.38. The van der Waals surface area contributed by atoms with Crippen LogP contribution in [0.5, 0.6) is 5.75 Å². The van der Waals surface area contributed by atoms with Crippen molar-refractivity contribution in [3.63, 3.8) is 0 Å². The summed E-state index contributed by atoms with van der Waals surface area (Å²) >= 11 is 7.54. The molecule has 0 unspecified atom stereocenters. The van der Waals surface area contributed by atoms with Crippen molar-refractivity contribution in [3.05, 3.63) is 86.5 Å². The largest absolute Gasteiger partial charge is 0.486 e. The van der Waals surface area contributed by atoms with E-state index >= 15 is 0 Å². The number of aromatic nitrogens is 4. The summed E-state index contributed by atoms with van der Waals surface area (Å²) in [5.41, 5.74) is 2.30. The number of ether oxygens (including phenoxy) is 2. The first kappa shape index (κ1) is 21.9. The fourth-order valence-electron chi connectivity index (χ4n) is 2.92. The van der Waals surface area contributed by atoms with E-state index in [2.05, 4.69) is 15.1 Å². The number of aryl methyl sites for hydroxylation is 2. The summed E-state index contributed by atoms with van der Waals surface area (Å²) in [5.74, 6) is 0.0276. The van der Waals surface area contributed by atoms with E-state index in [-0.39, 0.29) is 29.7 Å². The molecule has 3 heterocycles. The molecule has 0 radical (unpaired) electrons. The van der Waals surface area contributed by atoms with Crippen LogP contribution in [0.4, 0.5) is 4.39 Å². The second kappa shape index (κ2) is 9.46. The number of rotatable bonds is 7. The molecule has 0 N–H and O–H groups in total. The van der Waals surface area contributed by atoms with Crippen molar-refractivity contribution in [1.82, 2.24) is 19.7 Å². The molecule has 3 aromatic heterocycles. The molecule has 0 amide bonds. The van der Waals surface area contributed by atoms with Gasteiger partial charge in [-0.15, -0.1) is 11.3 Å². The quantitative estimate of drug-likeness (QED) is 0.349. The Morgan fingerprint density at radius 2 is 1.91 bits per heavy atom. The zero-order valence-electron chi connectivity index (χ0n) is 17.2. The molecular formula is C22H18ClFN4O3S. The van der Waals surface area contributed by atoms with Crippen molar-refractivity contribution in [1.29, 1.82) is 0 Å². The maximum atomic E-state index is 13.0. The molecule has 0 saturated heterocycles. The van der Waals surface area contributed by atoms with Gasteiger partial charge >= 0.3 is 5.97 Å². The van der Waals surface area contributed by atoms with Gasteiger partial charge < -0.3 is 9.47 Å². The maximum Gasteiger partial charge on any atom is 0.358 e. The molecule has 0 aliphatic heterocycles. The Labute approximate surface area is 192 Å². The molecule has 4 rings (SSSR count). The normalized spacial score (nSPS) is 10.9. The van der Waals surface area contributed by atoms with E-state index in [1.54, 1.807) is 34.3 Å². The summed E-state index contributed by atoms with van der Waals surface area (Å²) in [6, 6.07) is 10.9. The Kier molecular flexibility index (Phi) is 6.48. The number of esters is 1. The fraction of sp³-hybridized carbons (Fsp3) is 0.182. The lowest BCUT2D eigenvalue weighted by atomic mass is 10.3. The van der Waals surface area contributed by atoms with E-state index in [0.717, 1.165) is 11.4 Å². The van der Waals surface area contributed by atoms with Gasteiger partial charge in [-0.1, -0.05) is 11.6 Å². The van der Waals surface area contributed by atoms with Crippen molar-refractivity contribution in [2.45, 2.75) is 27.1 Å². The molecule has 0 bridgehead atoms. The predicted molar refractivity (Wildman–Crippen MR) is 118 cm³/mol. The van der Waals surface area contributed by atoms with E-state index in [1.807, 2.05) is 19.9 Å². The first-order valence-corrected chi connectivity index (χ1v) is 10.8. The van der Waals surface area contributed by atoms with Gasteiger partial charge in [0.2, 0.25) is 0 Å². The standard InChI is InChI=1S/C22H18ClFN4O3S/c1-13-9-14(2)28(27-13)19-8-7-18(23)21(26-19)22(29)31-10-16-12-32-20(25-16)11-30-17-5-3-15(24)4-6-17/h3-9,12H,10-11H2,1-2H3. The van der Waals surface area contributed by atoms with Gasteiger partial charge in [0.15, 0.2) is 11.5 Å². The number of thiazole rings is 1. The van der Waals surface area contributed by atoms with Crippen molar-refractivity contribution >= 4 is 28.9 Å². The minimum atomic E-state index is -0.657. The number of nitrogens with zero attached hydrogens (tertiary/aromatic N) is 4. The van der Waals surface area contributed by atoms with Crippen LogP contribution in [0.25, 0.3) is 5.82 Å². The SMILES string of the molecule is Cc1cc(C)n(-c2ccc(Cl)c(C(=O)OCc3csc(COc4ccc(F)cc4)n3)n2)n1. The van der Waals surface area contributed by atoms with Crippen LogP contribution in [0.15, 0.2) is 47.8 Å². The van der Waals surface area contributed by atoms with Gasteiger partial charge in [-0.3, -0.25) is 0 Å². The highest BCUT2D eigenvalue weighted by molar-refractivity contribution is 7.09. The number of benzene rings is 1. The van der Waals surface area contributed by atoms with Crippen LogP contribution in [0.1, 0.15) is 32.6 Å². The van der Waals surface area contributed by atoms with E-state index in [1.165, 1.54) is 23.5 Å². The molecule has 10 heteroatoms. The molecule has 164 valence electrons. The molecule has 1 aromatic carbocycles. The number of hydrogen-bond acceptors (Lipinski definition) is 7. The fourth-order valence-corrected chi connectivity index (χ4v) is 3.79. The van der Waals surface area contributed by atoms with Crippen molar-refractivity contribution in [3.8, 4) is 11.6 Å². The number of carbonyl (C=O) groups is 1. The van der Waals surface area contributed by atoms with E-state index in [9.17, 15) is 9.18 Å². The summed E-state index contributed by atoms with van der Waals surface area (Å²) in [6.07, 6.45) is 0. The van der Waals surface area contributed by atoms with Gasteiger partial charge in [-0.05, 0) is 56.3 Å².